The monoisotopic (exact) mass is 417 g/mol. The van der Waals surface area contributed by atoms with Crippen LogP contribution in [0.3, 0.4) is 0 Å². The van der Waals surface area contributed by atoms with Crippen molar-refractivity contribution in [1.82, 2.24) is 9.80 Å². The normalized spacial score (nSPS) is 14.7. The van der Waals surface area contributed by atoms with Gasteiger partial charge < -0.3 is 20.3 Å². The Hall–Kier alpha value is -2.57. The molecule has 2 aromatic rings. The highest BCUT2D eigenvalue weighted by molar-refractivity contribution is 5.97. The molecule has 2 aromatic carbocycles. The van der Waals surface area contributed by atoms with E-state index in [-0.39, 0.29) is 36.7 Å². The molecule has 29 heavy (non-hydrogen) atoms. The maximum Gasteiger partial charge on any atom is 0.257 e. The zero-order valence-electron chi connectivity index (χ0n) is 16.6. The SMILES string of the molecule is CCOc1ccccc1C(=O)N1CCN(C(=O)CC(N)c2ccccc2)CC1.Cl. The Bertz CT molecular complexity index is 808. The van der Waals surface area contributed by atoms with Gasteiger partial charge in [0.05, 0.1) is 12.2 Å². The fourth-order valence-electron chi connectivity index (χ4n) is 3.39. The Kier molecular flexibility index (Phi) is 8.49. The molecule has 1 aliphatic rings. The summed E-state index contributed by atoms with van der Waals surface area (Å²) in [5.41, 5.74) is 7.69. The number of nitrogens with two attached hydrogens (primary N) is 1. The maximum absolute atomic E-state index is 12.9. The molecule has 156 valence electrons. The minimum atomic E-state index is -0.313. The summed E-state index contributed by atoms with van der Waals surface area (Å²) in [6.45, 7) is 4.45. The van der Waals surface area contributed by atoms with E-state index in [4.69, 9.17) is 10.5 Å². The number of carbonyl (C=O) groups is 2. The van der Waals surface area contributed by atoms with Crippen LogP contribution >= 0.6 is 12.4 Å². The molecule has 2 N–H and O–H groups in total. The lowest BCUT2D eigenvalue weighted by molar-refractivity contribution is -0.133. The van der Waals surface area contributed by atoms with Gasteiger partial charge in [0.15, 0.2) is 0 Å². The van der Waals surface area contributed by atoms with Crippen LogP contribution in [0, 0.1) is 0 Å². The van der Waals surface area contributed by atoms with Gasteiger partial charge in [0.2, 0.25) is 5.91 Å². The van der Waals surface area contributed by atoms with Crippen LogP contribution in [0.1, 0.15) is 35.3 Å². The van der Waals surface area contributed by atoms with Crippen molar-refractivity contribution in [2.24, 2.45) is 5.73 Å². The van der Waals surface area contributed by atoms with E-state index in [1.165, 1.54) is 0 Å². The molecule has 7 heteroatoms. The van der Waals surface area contributed by atoms with E-state index < -0.39 is 0 Å². The van der Waals surface area contributed by atoms with Gasteiger partial charge >= 0.3 is 0 Å². The molecule has 2 amide bonds. The van der Waals surface area contributed by atoms with Crippen molar-refractivity contribution in [3.63, 3.8) is 0 Å². The Morgan fingerprint density at radius 2 is 1.55 bits per heavy atom. The summed E-state index contributed by atoms with van der Waals surface area (Å²) >= 11 is 0. The van der Waals surface area contributed by atoms with Crippen LogP contribution in [0.25, 0.3) is 0 Å². The van der Waals surface area contributed by atoms with E-state index in [0.717, 1.165) is 5.56 Å². The lowest BCUT2D eigenvalue weighted by Crippen LogP contribution is -2.51. The number of para-hydroxylation sites is 1. The Morgan fingerprint density at radius 3 is 2.21 bits per heavy atom. The van der Waals surface area contributed by atoms with Gasteiger partial charge in [-0.05, 0) is 24.6 Å². The maximum atomic E-state index is 12.9. The summed E-state index contributed by atoms with van der Waals surface area (Å²) in [4.78, 5) is 29.0. The quantitative estimate of drug-likeness (QED) is 0.784. The molecule has 0 aliphatic carbocycles. The summed E-state index contributed by atoms with van der Waals surface area (Å²) in [7, 11) is 0. The van der Waals surface area contributed by atoms with Crippen molar-refractivity contribution in [1.29, 1.82) is 0 Å². The zero-order chi connectivity index (χ0) is 19.9. The van der Waals surface area contributed by atoms with Crippen LogP contribution < -0.4 is 10.5 Å². The second-order valence-electron chi connectivity index (χ2n) is 6.82. The van der Waals surface area contributed by atoms with Gasteiger partial charge in [0.1, 0.15) is 5.75 Å². The van der Waals surface area contributed by atoms with Crippen molar-refractivity contribution in [3.05, 3.63) is 65.7 Å². The van der Waals surface area contributed by atoms with E-state index in [0.29, 0.717) is 44.1 Å². The van der Waals surface area contributed by atoms with Gasteiger partial charge in [-0.15, -0.1) is 12.4 Å². The number of hydrogen-bond donors (Lipinski definition) is 1. The minimum Gasteiger partial charge on any atom is -0.493 e. The van der Waals surface area contributed by atoms with Gasteiger partial charge in [-0.25, -0.2) is 0 Å². The molecule has 1 fully saturated rings. The molecule has 0 aromatic heterocycles. The third kappa shape index (κ3) is 5.71. The second kappa shape index (κ2) is 10.8. The van der Waals surface area contributed by atoms with Crippen LogP contribution in [-0.2, 0) is 4.79 Å². The Morgan fingerprint density at radius 1 is 0.966 bits per heavy atom. The molecule has 1 heterocycles. The van der Waals surface area contributed by atoms with Gasteiger partial charge in [0, 0.05) is 38.6 Å². The fraction of sp³-hybridized carbons (Fsp3) is 0.364. The first-order valence-corrected chi connectivity index (χ1v) is 9.69. The highest BCUT2D eigenvalue weighted by atomic mass is 35.5. The molecule has 0 saturated carbocycles. The van der Waals surface area contributed by atoms with Crippen LogP contribution in [0.15, 0.2) is 54.6 Å². The van der Waals surface area contributed by atoms with Crippen molar-refractivity contribution in [3.8, 4) is 5.75 Å². The Labute approximate surface area is 178 Å². The van der Waals surface area contributed by atoms with E-state index in [1.54, 1.807) is 15.9 Å². The molecule has 1 atom stereocenters. The molecule has 0 radical (unpaired) electrons. The van der Waals surface area contributed by atoms with Crippen molar-refractivity contribution in [2.75, 3.05) is 32.8 Å². The van der Waals surface area contributed by atoms with Crippen molar-refractivity contribution < 1.29 is 14.3 Å². The van der Waals surface area contributed by atoms with E-state index in [1.807, 2.05) is 55.5 Å². The third-order valence-corrected chi connectivity index (χ3v) is 4.96. The zero-order valence-corrected chi connectivity index (χ0v) is 17.4. The highest BCUT2D eigenvalue weighted by Gasteiger charge is 2.27. The molecular weight excluding hydrogens is 390 g/mol. The summed E-state index contributed by atoms with van der Waals surface area (Å²) in [5.74, 6) is 0.567. The average molecular weight is 418 g/mol. The first-order chi connectivity index (χ1) is 13.6. The van der Waals surface area contributed by atoms with Gasteiger partial charge in [-0.3, -0.25) is 9.59 Å². The largest absolute Gasteiger partial charge is 0.493 e. The number of benzene rings is 2. The number of halogens is 1. The molecule has 1 aliphatic heterocycles. The number of piperazine rings is 1. The number of amides is 2. The second-order valence-corrected chi connectivity index (χ2v) is 6.82. The average Bonchev–Trinajstić information content (AvgIpc) is 2.74. The van der Waals surface area contributed by atoms with Crippen LogP contribution in [-0.4, -0.2) is 54.4 Å². The summed E-state index contributed by atoms with van der Waals surface area (Å²) < 4.78 is 5.57. The molecule has 6 nitrogen and oxygen atoms in total. The van der Waals surface area contributed by atoms with E-state index in [9.17, 15) is 9.59 Å². The number of nitrogens with zero attached hydrogens (tertiary/aromatic N) is 2. The predicted octanol–water partition coefficient (Wildman–Crippen LogP) is 2.88. The number of carbonyl (C=O) groups excluding carboxylic acids is 2. The predicted molar refractivity (Wildman–Crippen MR) is 115 cm³/mol. The first-order valence-electron chi connectivity index (χ1n) is 9.69. The highest BCUT2D eigenvalue weighted by Crippen LogP contribution is 2.21. The van der Waals surface area contributed by atoms with Crippen molar-refractivity contribution >= 4 is 24.2 Å². The number of rotatable bonds is 6. The standard InChI is InChI=1S/C22H27N3O3.ClH/c1-2-28-20-11-7-6-10-18(20)22(27)25-14-12-24(13-15-25)21(26)16-19(23)17-8-4-3-5-9-17;/h3-11,19H,2,12-16,23H2,1H3;1H. The van der Waals surface area contributed by atoms with E-state index in [2.05, 4.69) is 0 Å². The lowest BCUT2D eigenvalue weighted by atomic mass is 10.0. The summed E-state index contributed by atoms with van der Waals surface area (Å²) in [6, 6.07) is 16.6. The summed E-state index contributed by atoms with van der Waals surface area (Å²) in [6.07, 6.45) is 0.269. The van der Waals surface area contributed by atoms with Crippen LogP contribution in [0.2, 0.25) is 0 Å². The van der Waals surface area contributed by atoms with Crippen molar-refractivity contribution in [2.45, 2.75) is 19.4 Å². The molecule has 0 spiro atoms. The minimum absolute atomic E-state index is 0. The lowest BCUT2D eigenvalue weighted by Gasteiger charge is -2.35. The van der Waals surface area contributed by atoms with Gasteiger partial charge in [0.25, 0.3) is 5.91 Å². The molecule has 0 bridgehead atoms. The smallest absolute Gasteiger partial charge is 0.257 e. The molecule has 1 unspecified atom stereocenters. The molecule has 1 saturated heterocycles. The Balaban J connectivity index is 0.00000300. The number of hydrogen-bond acceptors (Lipinski definition) is 4. The number of ether oxygens (including phenoxy) is 1. The van der Waals surface area contributed by atoms with Gasteiger partial charge in [-0.1, -0.05) is 42.5 Å². The third-order valence-electron chi connectivity index (χ3n) is 4.96. The fourth-order valence-corrected chi connectivity index (χ4v) is 3.39. The van der Waals surface area contributed by atoms with Crippen LogP contribution in [0.5, 0.6) is 5.75 Å². The molecular formula is C22H28ClN3O3. The van der Waals surface area contributed by atoms with Crippen LogP contribution in [0.4, 0.5) is 0 Å². The van der Waals surface area contributed by atoms with E-state index >= 15 is 0 Å². The molecule has 3 rings (SSSR count). The van der Waals surface area contributed by atoms with Gasteiger partial charge in [-0.2, -0.15) is 0 Å². The topological polar surface area (TPSA) is 75.9 Å². The first kappa shape index (κ1) is 22.7. The summed E-state index contributed by atoms with van der Waals surface area (Å²) in [5, 5.41) is 0.